The zero-order valence-corrected chi connectivity index (χ0v) is 24.5. The van der Waals surface area contributed by atoms with Crippen molar-refractivity contribution in [3.05, 3.63) is 87.6 Å². The molecule has 4 N–H and O–H groups in total. The number of phenolic OH excluding ortho intramolecular Hbond substituents is 1. The molecular weight excluding hydrogens is 564 g/mol. The average molecular weight is 600 g/mol. The first-order chi connectivity index (χ1) is 19.8. The number of aromatic hydroxyl groups is 1. The third-order valence-electron chi connectivity index (χ3n) is 7.89. The van der Waals surface area contributed by atoms with Crippen LogP contribution in [0.2, 0.25) is 0 Å². The number of hydrogen-bond donors (Lipinski definition) is 4. The molecule has 224 valence electrons. The third-order valence-corrected chi connectivity index (χ3v) is 8.82. The van der Waals surface area contributed by atoms with Crippen LogP contribution in [-0.4, -0.2) is 70.0 Å². The van der Waals surface area contributed by atoms with Crippen LogP contribution in [0.3, 0.4) is 0 Å². The molecule has 2 heterocycles. The quantitative estimate of drug-likeness (QED) is 0.284. The number of hydrogen-bond acceptors (Lipinski definition) is 6. The van der Waals surface area contributed by atoms with Crippen LogP contribution >= 0.6 is 11.3 Å². The Morgan fingerprint density at radius 3 is 2.45 bits per heavy atom. The van der Waals surface area contributed by atoms with Crippen LogP contribution in [0.15, 0.2) is 66.0 Å². The van der Waals surface area contributed by atoms with E-state index in [1.165, 1.54) is 43.4 Å². The highest BCUT2D eigenvalue weighted by molar-refractivity contribution is 7.09. The van der Waals surface area contributed by atoms with E-state index >= 15 is 8.78 Å². The largest absolute Gasteiger partial charge is 0.508 e. The predicted octanol–water partition coefficient (Wildman–Crippen LogP) is 3.70. The first kappa shape index (κ1) is 31.1. The summed E-state index contributed by atoms with van der Waals surface area (Å²) in [5, 5.41) is 28.6. The number of aliphatic hydroxyl groups excluding tert-OH is 1. The van der Waals surface area contributed by atoms with Crippen molar-refractivity contribution in [1.82, 2.24) is 15.5 Å². The Bertz CT molecular complexity index is 1420. The summed E-state index contributed by atoms with van der Waals surface area (Å²) in [7, 11) is 0. The van der Waals surface area contributed by atoms with Crippen molar-refractivity contribution < 1.29 is 33.4 Å². The molecule has 1 aromatic heterocycles. The average Bonchev–Trinajstić information content (AvgIpc) is 3.53. The van der Waals surface area contributed by atoms with Gasteiger partial charge in [-0.1, -0.05) is 56.3 Å². The molecule has 0 radical (unpaired) electrons. The van der Waals surface area contributed by atoms with Gasteiger partial charge in [0.05, 0.1) is 18.0 Å². The Balaban J connectivity index is 1.59. The molecule has 1 aliphatic heterocycles. The summed E-state index contributed by atoms with van der Waals surface area (Å²) >= 11 is 1.51. The zero-order chi connectivity index (χ0) is 30.7. The molecule has 1 saturated heterocycles. The number of amides is 3. The lowest BCUT2D eigenvalue weighted by Crippen LogP contribution is -2.58. The van der Waals surface area contributed by atoms with Crippen LogP contribution in [-0.2, 0) is 22.4 Å². The Morgan fingerprint density at radius 1 is 1.07 bits per heavy atom. The topological polar surface area (TPSA) is 119 Å². The fourth-order valence-electron chi connectivity index (χ4n) is 5.20. The summed E-state index contributed by atoms with van der Waals surface area (Å²) in [5.41, 5.74) is -0.817. The molecule has 1 fully saturated rings. The Hall–Kier alpha value is -3.83. The SMILES string of the molecule is Cc1c(O)cccc1C(=O)NC(Cc1ccccc1)C(O)C(=O)N1CC(F)(F)C(C)(C)C1C(=O)NCCc1cccs1. The van der Waals surface area contributed by atoms with Crippen LogP contribution in [0.5, 0.6) is 5.75 Å². The van der Waals surface area contributed by atoms with Gasteiger partial charge in [-0.2, -0.15) is 0 Å². The molecule has 4 rings (SSSR count). The lowest BCUT2D eigenvalue weighted by Gasteiger charge is -2.34. The molecule has 3 amide bonds. The summed E-state index contributed by atoms with van der Waals surface area (Å²) in [6, 6.07) is 14.2. The second-order valence-corrected chi connectivity index (χ2v) is 12.1. The van der Waals surface area contributed by atoms with E-state index in [4.69, 9.17) is 0 Å². The van der Waals surface area contributed by atoms with Gasteiger partial charge in [0.25, 0.3) is 17.7 Å². The molecule has 0 bridgehead atoms. The second-order valence-electron chi connectivity index (χ2n) is 11.1. The van der Waals surface area contributed by atoms with Crippen molar-refractivity contribution in [3.8, 4) is 5.75 Å². The fraction of sp³-hybridized carbons (Fsp3) is 0.387. The highest BCUT2D eigenvalue weighted by atomic mass is 32.1. The first-order valence-corrected chi connectivity index (χ1v) is 14.5. The van der Waals surface area contributed by atoms with Crippen molar-refractivity contribution in [3.63, 3.8) is 0 Å². The van der Waals surface area contributed by atoms with Crippen molar-refractivity contribution in [1.29, 1.82) is 0 Å². The number of thiophene rings is 1. The minimum absolute atomic E-state index is 0.00263. The monoisotopic (exact) mass is 599 g/mol. The van der Waals surface area contributed by atoms with Crippen molar-refractivity contribution in [2.45, 2.75) is 57.7 Å². The van der Waals surface area contributed by atoms with E-state index in [2.05, 4.69) is 10.6 Å². The van der Waals surface area contributed by atoms with Crippen LogP contribution in [0.4, 0.5) is 8.78 Å². The molecule has 3 aromatic rings. The highest BCUT2D eigenvalue weighted by Gasteiger charge is 2.64. The summed E-state index contributed by atoms with van der Waals surface area (Å²) in [5.74, 6) is -6.02. The number of halogens is 2. The second kappa shape index (κ2) is 12.6. The molecule has 42 heavy (non-hydrogen) atoms. The molecule has 2 aromatic carbocycles. The van der Waals surface area contributed by atoms with Gasteiger partial charge in [0.15, 0.2) is 6.10 Å². The molecule has 3 unspecified atom stereocenters. The van der Waals surface area contributed by atoms with Crippen LogP contribution < -0.4 is 10.6 Å². The van der Waals surface area contributed by atoms with Gasteiger partial charge in [-0.15, -0.1) is 11.3 Å². The van der Waals surface area contributed by atoms with Crippen LogP contribution in [0, 0.1) is 12.3 Å². The first-order valence-electron chi connectivity index (χ1n) is 13.6. The zero-order valence-electron chi connectivity index (χ0n) is 23.6. The van der Waals surface area contributed by atoms with E-state index in [1.807, 2.05) is 17.5 Å². The van der Waals surface area contributed by atoms with E-state index in [-0.39, 0.29) is 24.3 Å². The molecular formula is C31H35F2N3O5S. The normalized spacial score (nSPS) is 18.7. The molecule has 11 heteroatoms. The maximum absolute atomic E-state index is 15.3. The van der Waals surface area contributed by atoms with E-state index in [9.17, 15) is 24.6 Å². The molecule has 0 spiro atoms. The number of nitrogens with one attached hydrogen (secondary N) is 2. The van der Waals surface area contributed by atoms with Gasteiger partial charge in [-0.3, -0.25) is 14.4 Å². The van der Waals surface area contributed by atoms with E-state index < -0.39 is 53.8 Å². The van der Waals surface area contributed by atoms with Gasteiger partial charge in [0, 0.05) is 22.5 Å². The van der Waals surface area contributed by atoms with Gasteiger partial charge < -0.3 is 25.7 Å². The number of nitrogens with zero attached hydrogens (tertiary/aromatic N) is 1. The number of rotatable bonds is 10. The fourth-order valence-corrected chi connectivity index (χ4v) is 5.91. The van der Waals surface area contributed by atoms with E-state index in [1.54, 1.807) is 37.3 Å². The van der Waals surface area contributed by atoms with Crippen LogP contribution in [0.1, 0.15) is 40.2 Å². The Morgan fingerprint density at radius 2 is 1.79 bits per heavy atom. The van der Waals surface area contributed by atoms with Crippen molar-refractivity contribution in [2.75, 3.05) is 13.1 Å². The Labute approximate surface area is 247 Å². The number of aliphatic hydroxyl groups is 1. The summed E-state index contributed by atoms with van der Waals surface area (Å²) in [6.45, 7) is 3.14. The summed E-state index contributed by atoms with van der Waals surface area (Å²) in [6.07, 6.45) is -1.44. The number of alkyl halides is 2. The number of benzene rings is 2. The Kier molecular flexibility index (Phi) is 9.32. The third kappa shape index (κ3) is 6.47. The summed E-state index contributed by atoms with van der Waals surface area (Å²) < 4.78 is 30.5. The van der Waals surface area contributed by atoms with E-state index in [0.717, 1.165) is 9.78 Å². The van der Waals surface area contributed by atoms with Crippen LogP contribution in [0.25, 0.3) is 0 Å². The van der Waals surface area contributed by atoms with Gasteiger partial charge in [0.2, 0.25) is 5.91 Å². The predicted molar refractivity (Wildman–Crippen MR) is 156 cm³/mol. The maximum Gasteiger partial charge on any atom is 0.272 e. The maximum atomic E-state index is 15.3. The minimum atomic E-state index is -3.42. The van der Waals surface area contributed by atoms with Gasteiger partial charge in [-0.25, -0.2) is 8.78 Å². The number of carbonyl (C=O) groups excluding carboxylic acids is 3. The smallest absolute Gasteiger partial charge is 0.272 e. The highest BCUT2D eigenvalue weighted by Crippen LogP contribution is 2.48. The number of likely N-dealkylation sites (tertiary alicyclic amines) is 1. The molecule has 1 aliphatic rings. The molecule has 8 nitrogen and oxygen atoms in total. The van der Waals surface area contributed by atoms with Gasteiger partial charge in [0.1, 0.15) is 11.8 Å². The van der Waals surface area contributed by atoms with Crippen molar-refractivity contribution in [2.24, 2.45) is 5.41 Å². The lowest BCUT2D eigenvalue weighted by molar-refractivity contribution is -0.148. The minimum Gasteiger partial charge on any atom is -0.508 e. The lowest BCUT2D eigenvalue weighted by atomic mass is 9.81. The van der Waals surface area contributed by atoms with Crippen molar-refractivity contribution >= 4 is 29.1 Å². The molecule has 0 saturated carbocycles. The summed E-state index contributed by atoms with van der Waals surface area (Å²) in [4.78, 5) is 42.0. The molecule has 3 atom stereocenters. The molecule has 0 aliphatic carbocycles. The van der Waals surface area contributed by atoms with Gasteiger partial charge >= 0.3 is 0 Å². The number of carbonyl (C=O) groups is 3. The number of phenols is 1. The van der Waals surface area contributed by atoms with Gasteiger partial charge in [-0.05, 0) is 48.9 Å². The standard InChI is InChI=1S/C31H35F2N3O5S/c1-19-22(12-7-13-24(19)37)27(39)35-23(17-20-9-5-4-6-10-20)25(38)29(41)36-18-31(32,33)30(2,3)26(36)28(40)34-15-14-21-11-8-16-42-21/h4-13,16,23,25-26,37-38H,14-15,17-18H2,1-3H3,(H,34,40)(H,35,39). The van der Waals surface area contributed by atoms with E-state index in [0.29, 0.717) is 17.5 Å².